The van der Waals surface area contributed by atoms with Crippen LogP contribution in [0.2, 0.25) is 5.02 Å². The molecule has 0 aliphatic rings. The molecule has 0 aliphatic carbocycles. The number of para-hydroxylation sites is 1. The number of halogens is 1. The molecule has 0 saturated carbocycles. The molecule has 0 saturated heterocycles. The summed E-state index contributed by atoms with van der Waals surface area (Å²) in [6, 6.07) is 17.5. The maximum atomic E-state index is 12.5. The summed E-state index contributed by atoms with van der Waals surface area (Å²) in [5.74, 6) is 0.987. The molecule has 1 atom stereocenters. The summed E-state index contributed by atoms with van der Waals surface area (Å²) in [5, 5.41) is 13.0. The van der Waals surface area contributed by atoms with Crippen LogP contribution in [0.1, 0.15) is 30.8 Å². The third kappa shape index (κ3) is 5.62. The predicted octanol–water partition coefficient (Wildman–Crippen LogP) is 4.72. The first-order valence-corrected chi connectivity index (χ1v) is 11.2. The van der Waals surface area contributed by atoms with Gasteiger partial charge in [0.15, 0.2) is 11.0 Å². The summed E-state index contributed by atoms with van der Waals surface area (Å²) in [6.07, 6.45) is 0.914. The van der Waals surface area contributed by atoms with Crippen LogP contribution in [0.25, 0.3) is 0 Å². The van der Waals surface area contributed by atoms with Gasteiger partial charge in [0.05, 0.1) is 29.0 Å². The lowest BCUT2D eigenvalue weighted by Gasteiger charge is -2.23. The van der Waals surface area contributed by atoms with Crippen LogP contribution in [-0.4, -0.2) is 45.4 Å². The Labute approximate surface area is 186 Å². The van der Waals surface area contributed by atoms with Crippen LogP contribution in [0, 0.1) is 0 Å². The number of nitrogens with zero attached hydrogens (tertiary/aromatic N) is 4. The number of thioether (sulfide) groups is 1. The van der Waals surface area contributed by atoms with Gasteiger partial charge in [-0.3, -0.25) is 9.69 Å². The third-order valence-electron chi connectivity index (χ3n) is 4.72. The van der Waals surface area contributed by atoms with Crippen LogP contribution in [0.4, 0.5) is 5.69 Å². The van der Waals surface area contributed by atoms with Gasteiger partial charge in [-0.15, -0.1) is 10.2 Å². The van der Waals surface area contributed by atoms with Crippen molar-refractivity contribution in [2.24, 2.45) is 0 Å². The van der Waals surface area contributed by atoms with Gasteiger partial charge in [-0.2, -0.15) is 0 Å². The average Bonchev–Trinajstić information content (AvgIpc) is 3.11. The molecular weight excluding hydrogens is 418 g/mol. The normalized spacial score (nSPS) is 12.2. The molecule has 0 fully saturated rings. The molecule has 3 rings (SSSR count). The van der Waals surface area contributed by atoms with Crippen molar-refractivity contribution in [3.8, 4) is 0 Å². The number of carbonyl (C=O) groups is 1. The molecule has 3 aromatic rings. The number of anilines is 1. The minimum atomic E-state index is -0.136. The van der Waals surface area contributed by atoms with Crippen molar-refractivity contribution >= 4 is 35.0 Å². The smallest absolute Gasteiger partial charge is 0.234 e. The van der Waals surface area contributed by atoms with Crippen molar-refractivity contribution in [2.45, 2.75) is 31.1 Å². The summed E-state index contributed by atoms with van der Waals surface area (Å²) in [5.41, 5.74) is 1.77. The molecule has 1 heterocycles. The number of hydrogen-bond acceptors (Lipinski definition) is 5. The Kier molecular flexibility index (Phi) is 7.90. The highest BCUT2D eigenvalue weighted by Crippen LogP contribution is 2.27. The zero-order valence-corrected chi connectivity index (χ0v) is 19.0. The van der Waals surface area contributed by atoms with E-state index in [1.54, 1.807) is 12.1 Å². The molecular formula is C22H26ClN5OS. The van der Waals surface area contributed by atoms with Crippen molar-refractivity contribution in [1.82, 2.24) is 19.7 Å². The Balaban J connectivity index is 1.78. The highest BCUT2D eigenvalue weighted by atomic mass is 35.5. The largest absolute Gasteiger partial charge is 0.324 e. The predicted molar refractivity (Wildman–Crippen MR) is 123 cm³/mol. The monoisotopic (exact) mass is 443 g/mol. The van der Waals surface area contributed by atoms with Gasteiger partial charge in [0.1, 0.15) is 0 Å². The zero-order valence-electron chi connectivity index (χ0n) is 17.4. The number of carbonyl (C=O) groups excluding carboxylic acids is 1. The lowest BCUT2D eigenvalue weighted by molar-refractivity contribution is -0.113. The number of benzene rings is 2. The molecule has 1 unspecified atom stereocenters. The van der Waals surface area contributed by atoms with Gasteiger partial charge in [0.2, 0.25) is 5.91 Å². The molecule has 2 aromatic carbocycles. The van der Waals surface area contributed by atoms with Gasteiger partial charge in [-0.25, -0.2) is 0 Å². The molecule has 0 radical (unpaired) electrons. The van der Waals surface area contributed by atoms with E-state index in [1.165, 1.54) is 11.8 Å². The summed E-state index contributed by atoms with van der Waals surface area (Å²) in [7, 11) is 4.08. The van der Waals surface area contributed by atoms with E-state index in [0.717, 1.165) is 23.0 Å². The molecule has 0 bridgehead atoms. The van der Waals surface area contributed by atoms with Crippen LogP contribution >= 0.6 is 23.4 Å². The van der Waals surface area contributed by atoms with Crippen LogP contribution in [0.15, 0.2) is 59.8 Å². The Morgan fingerprint density at radius 1 is 1.13 bits per heavy atom. The molecule has 0 aliphatic heterocycles. The van der Waals surface area contributed by atoms with E-state index in [0.29, 0.717) is 17.3 Å². The molecule has 0 spiro atoms. The van der Waals surface area contributed by atoms with E-state index in [-0.39, 0.29) is 17.7 Å². The minimum Gasteiger partial charge on any atom is -0.324 e. The van der Waals surface area contributed by atoms with E-state index in [1.807, 2.05) is 44.4 Å². The van der Waals surface area contributed by atoms with Crippen molar-refractivity contribution in [1.29, 1.82) is 0 Å². The molecule has 30 heavy (non-hydrogen) atoms. The number of amides is 1. The topological polar surface area (TPSA) is 63.1 Å². The minimum absolute atomic E-state index is 0.136. The molecule has 1 amide bonds. The van der Waals surface area contributed by atoms with Gasteiger partial charge in [0.25, 0.3) is 0 Å². The molecule has 6 nitrogen and oxygen atoms in total. The van der Waals surface area contributed by atoms with Crippen LogP contribution < -0.4 is 5.32 Å². The Morgan fingerprint density at radius 2 is 1.83 bits per heavy atom. The second-order valence-corrected chi connectivity index (χ2v) is 8.47. The lowest BCUT2D eigenvalue weighted by Crippen LogP contribution is -2.23. The maximum absolute atomic E-state index is 12.5. The second-order valence-electron chi connectivity index (χ2n) is 7.12. The van der Waals surface area contributed by atoms with E-state index < -0.39 is 0 Å². The fourth-order valence-electron chi connectivity index (χ4n) is 3.23. The van der Waals surface area contributed by atoms with Crippen LogP contribution in [0.5, 0.6) is 0 Å². The summed E-state index contributed by atoms with van der Waals surface area (Å²) in [4.78, 5) is 14.6. The first-order chi connectivity index (χ1) is 14.5. The van der Waals surface area contributed by atoms with E-state index in [4.69, 9.17) is 11.6 Å². The average molecular weight is 444 g/mol. The standard InChI is InChI=1S/C22H26ClN5OS/c1-4-19(27(2)3)21-25-26-22(28(21)14-16-10-6-5-7-11-16)30-15-20(29)24-18-13-9-8-12-17(18)23/h5-13,19H,4,14-15H2,1-3H3,(H,24,29). The Morgan fingerprint density at radius 3 is 2.50 bits per heavy atom. The van der Waals surface area contributed by atoms with Gasteiger partial charge in [-0.1, -0.05) is 72.8 Å². The number of aromatic nitrogens is 3. The number of rotatable bonds is 9. The van der Waals surface area contributed by atoms with E-state index in [9.17, 15) is 4.79 Å². The maximum Gasteiger partial charge on any atom is 0.234 e. The summed E-state index contributed by atoms with van der Waals surface area (Å²) in [6.45, 7) is 2.79. The lowest BCUT2D eigenvalue weighted by atomic mass is 10.2. The van der Waals surface area contributed by atoms with E-state index in [2.05, 4.69) is 44.0 Å². The number of nitrogens with one attached hydrogen (secondary N) is 1. The fourth-order valence-corrected chi connectivity index (χ4v) is 4.15. The second kappa shape index (κ2) is 10.6. The molecule has 158 valence electrons. The van der Waals surface area contributed by atoms with Gasteiger partial charge >= 0.3 is 0 Å². The van der Waals surface area contributed by atoms with E-state index >= 15 is 0 Å². The van der Waals surface area contributed by atoms with Crippen molar-refractivity contribution in [3.63, 3.8) is 0 Å². The summed E-state index contributed by atoms with van der Waals surface area (Å²) >= 11 is 7.51. The Bertz CT molecular complexity index is 977. The first kappa shape index (κ1) is 22.3. The van der Waals surface area contributed by atoms with Gasteiger partial charge in [0, 0.05) is 0 Å². The first-order valence-electron chi connectivity index (χ1n) is 9.80. The SMILES string of the molecule is CCC(c1nnc(SCC(=O)Nc2ccccc2Cl)n1Cc1ccccc1)N(C)C. The highest BCUT2D eigenvalue weighted by Gasteiger charge is 2.22. The quantitative estimate of drug-likeness (QED) is 0.484. The number of hydrogen-bond donors (Lipinski definition) is 1. The molecule has 1 N–H and O–H groups in total. The zero-order chi connectivity index (χ0) is 21.5. The fraction of sp³-hybridized carbons (Fsp3) is 0.318. The van der Waals surface area contributed by atoms with Crippen LogP contribution in [0.3, 0.4) is 0 Å². The molecule has 8 heteroatoms. The van der Waals surface area contributed by atoms with Crippen molar-refractivity contribution in [3.05, 3.63) is 71.0 Å². The van der Waals surface area contributed by atoms with Crippen molar-refractivity contribution in [2.75, 3.05) is 25.2 Å². The van der Waals surface area contributed by atoms with Gasteiger partial charge < -0.3 is 9.88 Å². The van der Waals surface area contributed by atoms with Crippen molar-refractivity contribution < 1.29 is 4.79 Å². The molecule has 1 aromatic heterocycles. The van der Waals surface area contributed by atoms with Crippen LogP contribution in [-0.2, 0) is 11.3 Å². The highest BCUT2D eigenvalue weighted by molar-refractivity contribution is 7.99. The summed E-state index contributed by atoms with van der Waals surface area (Å²) < 4.78 is 2.11. The van der Waals surface area contributed by atoms with Gasteiger partial charge in [-0.05, 0) is 38.2 Å². The Hall–Kier alpha value is -2.35. The third-order valence-corrected chi connectivity index (χ3v) is 6.01.